The second kappa shape index (κ2) is 11.4. The van der Waals surface area contributed by atoms with Gasteiger partial charge in [0.05, 0.1) is 22.5 Å². The highest BCUT2D eigenvalue weighted by Gasteiger charge is 2.53. The molecule has 3 heteroatoms. The number of ketones is 1. The molecule has 0 aromatic heterocycles. The first-order chi connectivity index (χ1) is 25.7. The summed E-state index contributed by atoms with van der Waals surface area (Å²) in [7, 11) is 0. The molecule has 53 heavy (non-hydrogen) atoms. The first kappa shape index (κ1) is 32.0. The van der Waals surface area contributed by atoms with Crippen molar-refractivity contribution in [2.45, 2.75) is 55.2 Å². The first-order valence-corrected chi connectivity index (χ1v) is 19.3. The maximum Gasteiger partial charge on any atom is 0.193 e. The third kappa shape index (κ3) is 4.38. The van der Waals surface area contributed by atoms with Gasteiger partial charge < -0.3 is 4.90 Å². The minimum absolute atomic E-state index is 0.0803. The second-order valence-corrected chi connectivity index (χ2v) is 16.7. The molecule has 256 valence electrons. The summed E-state index contributed by atoms with van der Waals surface area (Å²) in [5.41, 5.74) is 17.5. The molecule has 0 amide bonds. The lowest BCUT2D eigenvalue weighted by Gasteiger charge is -2.51. The Hall–Kier alpha value is -5.64. The van der Waals surface area contributed by atoms with E-state index in [9.17, 15) is 4.79 Å². The monoisotopic (exact) mass is 701 g/mol. The van der Waals surface area contributed by atoms with Crippen molar-refractivity contribution >= 4 is 34.6 Å². The summed E-state index contributed by atoms with van der Waals surface area (Å²) in [6.07, 6.45) is 0. The first-order valence-electron chi connectivity index (χ1n) is 18.5. The summed E-state index contributed by atoms with van der Waals surface area (Å²) in [6.45, 7) is 11.3. The van der Waals surface area contributed by atoms with E-state index in [-0.39, 0.29) is 11.2 Å². The number of hydrogen-bond acceptors (Lipinski definition) is 3. The number of benzene rings is 7. The highest BCUT2D eigenvalue weighted by molar-refractivity contribution is 8.00. The summed E-state index contributed by atoms with van der Waals surface area (Å²) in [5.74, 6) is 0.0881. The third-order valence-corrected chi connectivity index (χ3v) is 13.0. The standard InChI is InChI=1S/C50H39NOS/c1-30-15-6-8-17-33(30)35-21-14-24-43-47(35)53-48-36(34-18-9-7-16-31(34)2)26-28-42-45(48)51(43)44-29-32(49(3,4)5)25-27-41(44)50(42)39-22-12-10-19-37(39)46(52)38-20-11-13-23-40(38)50/h6-29H,1-5H3. The molecule has 0 fully saturated rings. The molecule has 1 aliphatic carbocycles. The van der Waals surface area contributed by atoms with Crippen LogP contribution in [0.15, 0.2) is 155 Å². The molecular formula is C50H39NOS. The fourth-order valence-corrected chi connectivity index (χ4v) is 10.5. The number of fused-ring (bicyclic) bond motifs is 10. The zero-order valence-corrected chi connectivity index (χ0v) is 31.4. The number of rotatable bonds is 2. The van der Waals surface area contributed by atoms with Gasteiger partial charge in [0.1, 0.15) is 0 Å². The molecule has 0 bridgehead atoms. The van der Waals surface area contributed by atoms with E-state index in [1.807, 2.05) is 36.0 Å². The van der Waals surface area contributed by atoms with Crippen LogP contribution in [-0.4, -0.2) is 5.78 Å². The lowest BCUT2D eigenvalue weighted by molar-refractivity contribution is 0.103. The second-order valence-electron chi connectivity index (χ2n) is 15.7. The Bertz CT molecular complexity index is 2650. The summed E-state index contributed by atoms with van der Waals surface area (Å²) in [4.78, 5) is 19.4. The van der Waals surface area contributed by atoms with Crippen LogP contribution in [0.2, 0.25) is 0 Å². The number of aryl methyl sites for hydroxylation is 2. The highest BCUT2D eigenvalue weighted by atomic mass is 32.2. The molecule has 2 nitrogen and oxygen atoms in total. The third-order valence-electron chi connectivity index (χ3n) is 11.7. The van der Waals surface area contributed by atoms with Crippen molar-refractivity contribution in [3.8, 4) is 22.3 Å². The van der Waals surface area contributed by atoms with Gasteiger partial charge in [0, 0.05) is 20.9 Å². The molecule has 7 aromatic rings. The van der Waals surface area contributed by atoms with Gasteiger partial charge in [-0.3, -0.25) is 4.79 Å². The van der Waals surface area contributed by atoms with E-state index in [2.05, 4.69) is 161 Å². The Morgan fingerprint density at radius 3 is 1.62 bits per heavy atom. The van der Waals surface area contributed by atoms with Gasteiger partial charge in [-0.25, -0.2) is 0 Å². The molecule has 7 aromatic carbocycles. The van der Waals surface area contributed by atoms with E-state index >= 15 is 0 Å². The summed E-state index contributed by atoms with van der Waals surface area (Å²) >= 11 is 1.90. The molecule has 0 unspecified atom stereocenters. The number of carbonyl (C=O) groups excluding carboxylic acids is 1. The van der Waals surface area contributed by atoms with Gasteiger partial charge in [-0.1, -0.05) is 166 Å². The number of anilines is 3. The molecule has 2 aliphatic heterocycles. The van der Waals surface area contributed by atoms with E-state index in [4.69, 9.17) is 0 Å². The zero-order chi connectivity index (χ0) is 36.2. The maximum atomic E-state index is 14.4. The largest absolute Gasteiger partial charge is 0.307 e. The van der Waals surface area contributed by atoms with Gasteiger partial charge in [0.2, 0.25) is 0 Å². The van der Waals surface area contributed by atoms with E-state index in [0.29, 0.717) is 0 Å². The Labute approximate surface area is 316 Å². The molecule has 10 rings (SSSR count). The zero-order valence-electron chi connectivity index (χ0n) is 30.6. The summed E-state index contributed by atoms with van der Waals surface area (Å²) in [5, 5.41) is 0. The van der Waals surface area contributed by atoms with Gasteiger partial charge in [0.25, 0.3) is 0 Å². The Morgan fingerprint density at radius 2 is 1.02 bits per heavy atom. The van der Waals surface area contributed by atoms with Gasteiger partial charge in [-0.15, -0.1) is 0 Å². The van der Waals surface area contributed by atoms with Crippen LogP contribution in [0, 0.1) is 13.8 Å². The van der Waals surface area contributed by atoms with Crippen LogP contribution in [0.1, 0.15) is 75.6 Å². The fourth-order valence-electron chi connectivity index (χ4n) is 9.19. The molecule has 3 aliphatic rings. The van der Waals surface area contributed by atoms with Crippen LogP contribution in [0.3, 0.4) is 0 Å². The SMILES string of the molecule is Cc1ccccc1-c1cccc2c1Sc1c(-c3ccccc3C)ccc3c1N2c1cc(C(C)(C)C)ccc1C31c2ccccc2C(=O)c2ccccc21. The van der Waals surface area contributed by atoms with Gasteiger partial charge in [-0.2, -0.15) is 0 Å². The summed E-state index contributed by atoms with van der Waals surface area (Å²) in [6, 6.07) is 52.8. The van der Waals surface area contributed by atoms with E-state index in [1.165, 1.54) is 71.2 Å². The molecule has 0 saturated carbocycles. The number of carbonyl (C=O) groups is 1. The van der Waals surface area contributed by atoms with Crippen molar-refractivity contribution in [2.75, 3.05) is 4.90 Å². The van der Waals surface area contributed by atoms with Crippen LogP contribution < -0.4 is 4.90 Å². The predicted molar refractivity (Wildman–Crippen MR) is 220 cm³/mol. The van der Waals surface area contributed by atoms with E-state index < -0.39 is 5.41 Å². The van der Waals surface area contributed by atoms with Gasteiger partial charge in [-0.05, 0) is 92.6 Å². The fraction of sp³-hybridized carbons (Fsp3) is 0.140. The van der Waals surface area contributed by atoms with Crippen molar-refractivity contribution in [2.24, 2.45) is 0 Å². The van der Waals surface area contributed by atoms with Gasteiger partial charge in [0.15, 0.2) is 5.78 Å². The Balaban J connectivity index is 1.41. The molecule has 2 heterocycles. The molecular weight excluding hydrogens is 663 g/mol. The van der Waals surface area contributed by atoms with Crippen LogP contribution in [0.4, 0.5) is 17.1 Å². The van der Waals surface area contributed by atoms with E-state index in [1.54, 1.807) is 0 Å². The molecule has 0 N–H and O–H groups in total. The van der Waals surface area contributed by atoms with Crippen LogP contribution >= 0.6 is 11.8 Å². The Morgan fingerprint density at radius 1 is 0.491 bits per heavy atom. The van der Waals surface area contributed by atoms with Gasteiger partial charge >= 0.3 is 0 Å². The topological polar surface area (TPSA) is 20.3 Å². The maximum absolute atomic E-state index is 14.4. The normalized spacial score (nSPS) is 14.6. The van der Waals surface area contributed by atoms with Crippen molar-refractivity contribution in [1.82, 2.24) is 0 Å². The predicted octanol–water partition coefficient (Wildman–Crippen LogP) is 13.1. The van der Waals surface area contributed by atoms with Crippen molar-refractivity contribution < 1.29 is 4.79 Å². The molecule has 0 atom stereocenters. The quantitative estimate of drug-likeness (QED) is 0.179. The smallest absolute Gasteiger partial charge is 0.193 e. The van der Waals surface area contributed by atoms with Crippen LogP contribution in [-0.2, 0) is 10.8 Å². The average Bonchev–Trinajstić information content (AvgIpc) is 3.17. The number of nitrogens with zero attached hydrogens (tertiary/aromatic N) is 1. The lowest BCUT2D eigenvalue weighted by atomic mass is 9.57. The van der Waals surface area contributed by atoms with Crippen molar-refractivity contribution in [3.63, 3.8) is 0 Å². The minimum Gasteiger partial charge on any atom is -0.307 e. The number of hydrogen-bond donors (Lipinski definition) is 0. The molecule has 0 saturated heterocycles. The van der Waals surface area contributed by atoms with E-state index in [0.717, 1.165) is 27.9 Å². The molecule has 0 radical (unpaired) electrons. The average molecular weight is 702 g/mol. The van der Waals surface area contributed by atoms with Crippen LogP contribution in [0.25, 0.3) is 22.3 Å². The van der Waals surface area contributed by atoms with Crippen LogP contribution in [0.5, 0.6) is 0 Å². The van der Waals surface area contributed by atoms with Crippen molar-refractivity contribution in [1.29, 1.82) is 0 Å². The minimum atomic E-state index is -0.719. The lowest BCUT2D eigenvalue weighted by Crippen LogP contribution is -2.43. The van der Waals surface area contributed by atoms with Crippen molar-refractivity contribution in [3.05, 3.63) is 196 Å². The highest BCUT2D eigenvalue weighted by Crippen LogP contribution is 2.67. The molecule has 1 spiro atoms. The Kier molecular flexibility index (Phi) is 6.91. The summed E-state index contributed by atoms with van der Waals surface area (Å²) < 4.78 is 0.